The molecular weight excluding hydrogens is 322 g/mol. The maximum absolute atomic E-state index is 12.0. The molecule has 2 aromatic carbocycles. The zero-order chi connectivity index (χ0) is 17.4. The fourth-order valence-corrected chi connectivity index (χ4v) is 2.27. The van der Waals surface area contributed by atoms with Crippen LogP contribution in [0.1, 0.15) is 30.9 Å². The van der Waals surface area contributed by atoms with E-state index >= 15 is 0 Å². The summed E-state index contributed by atoms with van der Waals surface area (Å²) in [5.74, 6) is 0.656. The average molecular weight is 344 g/mol. The van der Waals surface area contributed by atoms with Gasteiger partial charge in [0.15, 0.2) is 0 Å². The van der Waals surface area contributed by atoms with Crippen LogP contribution in [-0.2, 0) is 4.79 Å². The molecule has 0 aromatic heterocycles. The van der Waals surface area contributed by atoms with E-state index in [2.05, 4.69) is 12.2 Å². The Kier molecular flexibility index (Phi) is 6.89. The van der Waals surface area contributed by atoms with Crippen molar-refractivity contribution in [3.8, 4) is 5.75 Å². The molecule has 0 aliphatic heterocycles. The smallest absolute Gasteiger partial charge is 0.248 e. The number of benzene rings is 2. The summed E-state index contributed by atoms with van der Waals surface area (Å²) in [5.41, 5.74) is 2.52. The van der Waals surface area contributed by atoms with Crippen LogP contribution in [0.25, 0.3) is 6.08 Å². The van der Waals surface area contributed by atoms with Crippen molar-refractivity contribution >= 4 is 29.3 Å². The minimum Gasteiger partial charge on any atom is -0.494 e. The molecule has 0 aliphatic rings. The maximum Gasteiger partial charge on any atom is 0.248 e. The lowest BCUT2D eigenvalue weighted by molar-refractivity contribution is -0.111. The highest BCUT2D eigenvalue weighted by atomic mass is 35.5. The number of rotatable bonds is 7. The molecule has 0 radical (unpaired) electrons. The van der Waals surface area contributed by atoms with Crippen LogP contribution in [0.15, 0.2) is 48.5 Å². The minimum absolute atomic E-state index is 0.191. The third-order valence-electron chi connectivity index (χ3n) is 3.60. The molecule has 0 spiro atoms. The Hall–Kier alpha value is -2.26. The van der Waals surface area contributed by atoms with Gasteiger partial charge in [0.2, 0.25) is 5.91 Å². The van der Waals surface area contributed by atoms with E-state index in [1.54, 1.807) is 12.1 Å². The molecule has 126 valence electrons. The highest BCUT2D eigenvalue weighted by Gasteiger charge is 2.04. The van der Waals surface area contributed by atoms with Crippen LogP contribution in [-0.4, -0.2) is 12.5 Å². The van der Waals surface area contributed by atoms with Gasteiger partial charge in [0.1, 0.15) is 5.75 Å². The molecule has 3 nitrogen and oxygen atoms in total. The second-order valence-electron chi connectivity index (χ2n) is 5.51. The number of anilines is 1. The van der Waals surface area contributed by atoms with Crippen molar-refractivity contribution in [2.75, 3.05) is 11.9 Å². The highest BCUT2D eigenvalue weighted by Crippen LogP contribution is 2.23. The molecule has 0 bridgehead atoms. The number of ether oxygens (including phenoxy) is 1. The average Bonchev–Trinajstić information content (AvgIpc) is 2.58. The Morgan fingerprint density at radius 3 is 2.67 bits per heavy atom. The van der Waals surface area contributed by atoms with Gasteiger partial charge in [-0.2, -0.15) is 0 Å². The van der Waals surface area contributed by atoms with Gasteiger partial charge in [0.25, 0.3) is 0 Å². The number of halogens is 1. The number of hydrogen-bond donors (Lipinski definition) is 1. The summed E-state index contributed by atoms with van der Waals surface area (Å²) in [6, 6.07) is 13.1. The molecule has 0 unspecified atom stereocenters. The first-order valence-electron chi connectivity index (χ1n) is 8.07. The van der Waals surface area contributed by atoms with E-state index < -0.39 is 0 Å². The van der Waals surface area contributed by atoms with E-state index in [1.165, 1.54) is 6.08 Å². The standard InChI is InChI=1S/C20H22ClNO2/c1-3-4-14-24-17-11-8-16(9-12-17)10-13-20(23)22-19-7-5-6-18(21)15(19)2/h5-13H,3-4,14H2,1-2H3,(H,22,23). The Balaban J connectivity index is 1.92. The first-order valence-corrected chi connectivity index (χ1v) is 8.45. The molecule has 2 aromatic rings. The summed E-state index contributed by atoms with van der Waals surface area (Å²) in [6.45, 7) is 4.74. The SMILES string of the molecule is CCCCOc1ccc(C=CC(=O)Nc2cccc(Cl)c2C)cc1. The number of carbonyl (C=O) groups is 1. The van der Waals surface area contributed by atoms with Gasteiger partial charge in [-0.3, -0.25) is 4.79 Å². The fourth-order valence-electron chi connectivity index (χ4n) is 2.10. The molecule has 4 heteroatoms. The van der Waals surface area contributed by atoms with Gasteiger partial charge in [-0.15, -0.1) is 0 Å². The monoisotopic (exact) mass is 343 g/mol. The van der Waals surface area contributed by atoms with Crippen LogP contribution >= 0.6 is 11.6 Å². The van der Waals surface area contributed by atoms with Gasteiger partial charge in [-0.05, 0) is 54.8 Å². The lowest BCUT2D eigenvalue weighted by Gasteiger charge is -2.07. The van der Waals surface area contributed by atoms with Gasteiger partial charge in [0, 0.05) is 16.8 Å². The zero-order valence-electron chi connectivity index (χ0n) is 14.0. The second-order valence-corrected chi connectivity index (χ2v) is 5.91. The predicted molar refractivity (Wildman–Crippen MR) is 101 cm³/mol. The van der Waals surface area contributed by atoms with E-state index in [-0.39, 0.29) is 5.91 Å². The Morgan fingerprint density at radius 1 is 1.21 bits per heavy atom. The number of carbonyl (C=O) groups excluding carboxylic acids is 1. The molecular formula is C20H22ClNO2. The van der Waals surface area contributed by atoms with Gasteiger partial charge >= 0.3 is 0 Å². The molecule has 0 fully saturated rings. The van der Waals surface area contributed by atoms with Crippen LogP contribution in [0.5, 0.6) is 5.75 Å². The minimum atomic E-state index is -0.191. The molecule has 2 rings (SSSR count). The van der Waals surface area contributed by atoms with E-state index in [0.29, 0.717) is 5.02 Å². The van der Waals surface area contributed by atoms with Gasteiger partial charge in [-0.1, -0.05) is 43.1 Å². The van der Waals surface area contributed by atoms with Crippen LogP contribution in [0.2, 0.25) is 5.02 Å². The molecule has 0 saturated heterocycles. The molecule has 24 heavy (non-hydrogen) atoms. The van der Waals surface area contributed by atoms with E-state index in [9.17, 15) is 4.79 Å². The van der Waals surface area contributed by atoms with Crippen LogP contribution < -0.4 is 10.1 Å². The predicted octanol–water partition coefficient (Wildman–Crippen LogP) is 5.48. The first kappa shape index (κ1) is 18.1. The van der Waals surface area contributed by atoms with Gasteiger partial charge < -0.3 is 10.1 Å². The van der Waals surface area contributed by atoms with Crippen LogP contribution in [0.3, 0.4) is 0 Å². The molecule has 0 aliphatic carbocycles. The summed E-state index contributed by atoms with van der Waals surface area (Å²) in [5, 5.41) is 3.47. The van der Waals surface area contributed by atoms with Crippen molar-refractivity contribution < 1.29 is 9.53 Å². The van der Waals surface area contributed by atoms with E-state index in [1.807, 2.05) is 43.3 Å². The lowest BCUT2D eigenvalue weighted by atomic mass is 10.2. The van der Waals surface area contributed by atoms with Gasteiger partial charge in [0.05, 0.1) is 6.61 Å². The maximum atomic E-state index is 12.0. The molecule has 0 atom stereocenters. The largest absolute Gasteiger partial charge is 0.494 e. The van der Waals surface area contributed by atoms with Crippen molar-refractivity contribution in [2.45, 2.75) is 26.7 Å². The summed E-state index contributed by atoms with van der Waals surface area (Å²) in [6.07, 6.45) is 5.44. The molecule has 0 heterocycles. The lowest BCUT2D eigenvalue weighted by Crippen LogP contribution is -2.08. The van der Waals surface area contributed by atoms with Crippen LogP contribution in [0.4, 0.5) is 5.69 Å². The van der Waals surface area contributed by atoms with Crippen molar-refractivity contribution in [2.24, 2.45) is 0 Å². The topological polar surface area (TPSA) is 38.3 Å². The molecule has 1 N–H and O–H groups in total. The Labute approximate surface area is 148 Å². The first-order chi connectivity index (χ1) is 11.6. The number of hydrogen-bond acceptors (Lipinski definition) is 2. The van der Waals surface area contributed by atoms with E-state index in [4.69, 9.17) is 16.3 Å². The highest BCUT2D eigenvalue weighted by molar-refractivity contribution is 6.31. The van der Waals surface area contributed by atoms with Gasteiger partial charge in [-0.25, -0.2) is 0 Å². The van der Waals surface area contributed by atoms with Crippen molar-refractivity contribution in [1.82, 2.24) is 0 Å². The number of nitrogens with one attached hydrogen (secondary N) is 1. The van der Waals surface area contributed by atoms with E-state index in [0.717, 1.165) is 42.0 Å². The molecule has 0 saturated carbocycles. The van der Waals surface area contributed by atoms with Crippen molar-refractivity contribution in [3.05, 3.63) is 64.7 Å². The summed E-state index contributed by atoms with van der Waals surface area (Å²) >= 11 is 6.05. The summed E-state index contributed by atoms with van der Waals surface area (Å²) < 4.78 is 5.61. The second kappa shape index (κ2) is 9.14. The van der Waals surface area contributed by atoms with Crippen molar-refractivity contribution in [1.29, 1.82) is 0 Å². The van der Waals surface area contributed by atoms with Crippen molar-refractivity contribution in [3.63, 3.8) is 0 Å². The zero-order valence-corrected chi connectivity index (χ0v) is 14.8. The fraction of sp³-hybridized carbons (Fsp3) is 0.250. The quantitative estimate of drug-likeness (QED) is 0.534. The molecule has 1 amide bonds. The third-order valence-corrected chi connectivity index (χ3v) is 4.01. The normalized spacial score (nSPS) is 10.8. The number of amides is 1. The number of unbranched alkanes of at least 4 members (excludes halogenated alkanes) is 1. The Bertz CT molecular complexity index is 708. The summed E-state index contributed by atoms with van der Waals surface area (Å²) in [4.78, 5) is 12.0. The third kappa shape index (κ3) is 5.43. The Morgan fingerprint density at radius 2 is 1.96 bits per heavy atom. The van der Waals surface area contributed by atoms with Crippen LogP contribution in [0, 0.1) is 6.92 Å². The summed E-state index contributed by atoms with van der Waals surface area (Å²) in [7, 11) is 0.